The van der Waals surface area contributed by atoms with Crippen molar-refractivity contribution in [2.24, 2.45) is 5.92 Å². The number of nitrogens with one attached hydrogen (secondary N) is 1. The van der Waals surface area contributed by atoms with Gasteiger partial charge in [-0.2, -0.15) is 0 Å². The molecule has 0 radical (unpaired) electrons. The molecule has 7 nitrogen and oxygen atoms in total. The van der Waals surface area contributed by atoms with Gasteiger partial charge in [-0.05, 0) is 25.8 Å². The maximum Gasteiger partial charge on any atom is 0.257 e. The van der Waals surface area contributed by atoms with E-state index in [-0.39, 0.29) is 23.8 Å². The summed E-state index contributed by atoms with van der Waals surface area (Å²) in [5.74, 6) is -0.236. The van der Waals surface area contributed by atoms with Crippen LogP contribution in [-0.2, 0) is 11.3 Å². The molecular weight excluding hydrogens is 308 g/mol. The van der Waals surface area contributed by atoms with Crippen LogP contribution in [0.1, 0.15) is 30.1 Å². The number of piperidine rings is 1. The molecular formula is C17H22N4O3. The van der Waals surface area contributed by atoms with Crippen LogP contribution in [0.3, 0.4) is 0 Å². The number of hydrogen-bond acceptors (Lipinski definition) is 4. The molecule has 2 aromatic heterocycles. The summed E-state index contributed by atoms with van der Waals surface area (Å²) in [5, 5.41) is 3.04. The van der Waals surface area contributed by atoms with Crippen molar-refractivity contribution < 1.29 is 14.0 Å². The van der Waals surface area contributed by atoms with Gasteiger partial charge in [-0.25, -0.2) is 4.98 Å². The first-order valence-corrected chi connectivity index (χ1v) is 8.21. The molecule has 1 aliphatic heterocycles. The zero-order valence-corrected chi connectivity index (χ0v) is 13.7. The van der Waals surface area contributed by atoms with Gasteiger partial charge >= 0.3 is 0 Å². The van der Waals surface area contributed by atoms with Crippen molar-refractivity contribution in [3.8, 4) is 0 Å². The molecule has 0 aliphatic carbocycles. The van der Waals surface area contributed by atoms with Crippen molar-refractivity contribution in [2.45, 2.75) is 32.4 Å². The maximum atomic E-state index is 12.5. The van der Waals surface area contributed by atoms with Crippen molar-refractivity contribution in [3.05, 3.63) is 42.9 Å². The fourth-order valence-corrected chi connectivity index (χ4v) is 3.06. The van der Waals surface area contributed by atoms with Gasteiger partial charge in [0.25, 0.3) is 5.91 Å². The lowest BCUT2D eigenvalue weighted by Gasteiger charge is -2.32. The number of furan rings is 1. The summed E-state index contributed by atoms with van der Waals surface area (Å²) in [6.07, 6.45) is 9.88. The molecule has 1 N–H and O–H groups in total. The van der Waals surface area contributed by atoms with Gasteiger partial charge in [-0.15, -0.1) is 0 Å². The Hall–Kier alpha value is -2.57. The Bertz CT molecular complexity index is 666. The Morgan fingerprint density at radius 2 is 2.38 bits per heavy atom. The normalized spacial score (nSPS) is 19.0. The first kappa shape index (κ1) is 16.3. The number of carbonyl (C=O) groups excluding carboxylic acids is 2. The quantitative estimate of drug-likeness (QED) is 0.901. The van der Waals surface area contributed by atoms with E-state index in [1.165, 1.54) is 12.5 Å². The minimum absolute atomic E-state index is 0.00616. The van der Waals surface area contributed by atoms with Gasteiger partial charge in [0.05, 0.1) is 24.1 Å². The second kappa shape index (κ2) is 7.33. The van der Waals surface area contributed by atoms with E-state index in [0.717, 1.165) is 12.8 Å². The maximum absolute atomic E-state index is 12.5. The largest absolute Gasteiger partial charge is 0.472 e. The van der Waals surface area contributed by atoms with E-state index in [0.29, 0.717) is 25.2 Å². The lowest BCUT2D eigenvalue weighted by Crippen LogP contribution is -2.47. The lowest BCUT2D eigenvalue weighted by atomic mass is 9.96. The van der Waals surface area contributed by atoms with Crippen LogP contribution in [0.4, 0.5) is 0 Å². The van der Waals surface area contributed by atoms with Crippen molar-refractivity contribution in [1.29, 1.82) is 0 Å². The summed E-state index contributed by atoms with van der Waals surface area (Å²) in [5.41, 5.74) is 0.532. The zero-order valence-electron chi connectivity index (χ0n) is 13.7. The van der Waals surface area contributed by atoms with Crippen LogP contribution in [0, 0.1) is 5.92 Å². The third-order valence-corrected chi connectivity index (χ3v) is 4.28. The van der Waals surface area contributed by atoms with Gasteiger partial charge in [-0.3, -0.25) is 9.59 Å². The lowest BCUT2D eigenvalue weighted by molar-refractivity contribution is -0.127. The molecule has 0 saturated carbocycles. The second-order valence-electron chi connectivity index (χ2n) is 6.27. The third kappa shape index (κ3) is 3.84. The van der Waals surface area contributed by atoms with Crippen molar-refractivity contribution in [3.63, 3.8) is 0 Å². The van der Waals surface area contributed by atoms with Gasteiger partial charge in [0.1, 0.15) is 6.26 Å². The number of amides is 2. The predicted molar refractivity (Wildman–Crippen MR) is 87.2 cm³/mol. The summed E-state index contributed by atoms with van der Waals surface area (Å²) in [6.45, 7) is 3.78. The smallest absolute Gasteiger partial charge is 0.257 e. The summed E-state index contributed by atoms with van der Waals surface area (Å²) >= 11 is 0. The number of likely N-dealkylation sites (tertiary alicyclic amines) is 1. The number of aromatic nitrogens is 2. The van der Waals surface area contributed by atoms with E-state index in [2.05, 4.69) is 10.3 Å². The molecule has 0 aromatic carbocycles. The molecule has 0 unspecified atom stereocenters. The van der Waals surface area contributed by atoms with Crippen LogP contribution in [0.5, 0.6) is 0 Å². The third-order valence-electron chi connectivity index (χ3n) is 4.28. The molecule has 3 rings (SSSR count). The molecule has 1 aliphatic rings. The molecule has 24 heavy (non-hydrogen) atoms. The Morgan fingerprint density at radius 3 is 3.08 bits per heavy atom. The topological polar surface area (TPSA) is 80.4 Å². The van der Waals surface area contributed by atoms with Crippen LogP contribution >= 0.6 is 0 Å². The summed E-state index contributed by atoms with van der Waals surface area (Å²) in [6, 6.07) is 1.66. The summed E-state index contributed by atoms with van der Waals surface area (Å²) in [4.78, 5) is 30.6. The zero-order chi connectivity index (χ0) is 16.9. The SMILES string of the molecule is C[C@H](Cn1ccnc1)NC(=O)[C@@H]1CCCN(C(=O)c2ccoc2)C1. The highest BCUT2D eigenvalue weighted by Gasteiger charge is 2.29. The highest BCUT2D eigenvalue weighted by molar-refractivity contribution is 5.94. The predicted octanol–water partition coefficient (Wildman–Crippen LogP) is 1.53. The van der Waals surface area contributed by atoms with Crippen LogP contribution < -0.4 is 5.32 Å². The highest BCUT2D eigenvalue weighted by Crippen LogP contribution is 2.19. The molecule has 2 amide bonds. The minimum atomic E-state index is -0.167. The minimum Gasteiger partial charge on any atom is -0.472 e. The van der Waals surface area contributed by atoms with Crippen LogP contribution in [-0.4, -0.2) is 45.4 Å². The highest BCUT2D eigenvalue weighted by atomic mass is 16.3. The van der Waals surface area contributed by atoms with Crippen molar-refractivity contribution >= 4 is 11.8 Å². The molecule has 7 heteroatoms. The van der Waals surface area contributed by atoms with Gasteiger partial charge in [0.15, 0.2) is 0 Å². The molecule has 128 valence electrons. The van der Waals surface area contributed by atoms with E-state index in [9.17, 15) is 9.59 Å². The van der Waals surface area contributed by atoms with E-state index >= 15 is 0 Å². The summed E-state index contributed by atoms with van der Waals surface area (Å²) < 4.78 is 6.90. The van der Waals surface area contributed by atoms with Gasteiger partial charge in [-0.1, -0.05) is 0 Å². The monoisotopic (exact) mass is 330 g/mol. The second-order valence-corrected chi connectivity index (χ2v) is 6.27. The Labute approximate surface area is 140 Å². The van der Waals surface area contributed by atoms with Crippen LogP contribution in [0.25, 0.3) is 0 Å². The van der Waals surface area contributed by atoms with E-state index in [1.807, 2.05) is 17.7 Å². The fraction of sp³-hybridized carbons (Fsp3) is 0.471. The number of hydrogen-bond donors (Lipinski definition) is 1. The molecule has 0 spiro atoms. The molecule has 0 bridgehead atoms. The van der Waals surface area contributed by atoms with Crippen molar-refractivity contribution in [1.82, 2.24) is 19.8 Å². The Balaban J connectivity index is 1.54. The average Bonchev–Trinajstić information content (AvgIpc) is 3.27. The Kier molecular flexibility index (Phi) is 4.98. The first-order valence-electron chi connectivity index (χ1n) is 8.21. The van der Waals surface area contributed by atoms with Gasteiger partial charge in [0.2, 0.25) is 5.91 Å². The molecule has 3 heterocycles. The van der Waals surface area contributed by atoms with Gasteiger partial charge < -0.3 is 19.2 Å². The molecule has 1 saturated heterocycles. The fourth-order valence-electron chi connectivity index (χ4n) is 3.06. The number of carbonyl (C=O) groups is 2. The molecule has 2 atom stereocenters. The number of rotatable bonds is 5. The molecule has 1 fully saturated rings. The standard InChI is InChI=1S/C17H22N4O3/c1-13(9-20-7-5-18-12-20)19-16(22)14-3-2-6-21(10-14)17(23)15-4-8-24-11-15/h4-5,7-8,11-14H,2-3,6,9-10H2,1H3,(H,19,22)/t13-,14-/m1/s1. The van der Waals surface area contributed by atoms with E-state index in [1.54, 1.807) is 23.5 Å². The number of nitrogens with zero attached hydrogens (tertiary/aromatic N) is 3. The van der Waals surface area contributed by atoms with Crippen molar-refractivity contribution in [2.75, 3.05) is 13.1 Å². The van der Waals surface area contributed by atoms with Gasteiger partial charge in [0, 0.05) is 38.1 Å². The molecule has 2 aromatic rings. The average molecular weight is 330 g/mol. The van der Waals surface area contributed by atoms with Crippen LogP contribution in [0.2, 0.25) is 0 Å². The van der Waals surface area contributed by atoms with Crippen LogP contribution in [0.15, 0.2) is 41.7 Å². The van der Waals surface area contributed by atoms with E-state index < -0.39 is 0 Å². The Morgan fingerprint density at radius 1 is 1.50 bits per heavy atom. The van der Waals surface area contributed by atoms with E-state index in [4.69, 9.17) is 4.42 Å². The summed E-state index contributed by atoms with van der Waals surface area (Å²) in [7, 11) is 0. The first-order chi connectivity index (χ1) is 11.6. The number of imidazole rings is 1.